The molecule has 0 heterocycles. The van der Waals surface area contributed by atoms with Crippen LogP contribution >= 0.6 is 0 Å². The van der Waals surface area contributed by atoms with E-state index in [1.807, 2.05) is 33.8 Å². The van der Waals surface area contributed by atoms with Crippen molar-refractivity contribution in [3.63, 3.8) is 0 Å². The van der Waals surface area contributed by atoms with E-state index in [1.165, 1.54) is 28.6 Å². The topological polar surface area (TPSA) is 92.8 Å². The highest BCUT2D eigenvalue weighted by molar-refractivity contribution is 7.92. The zero-order chi connectivity index (χ0) is 23.7. The van der Waals surface area contributed by atoms with Crippen LogP contribution in [-0.2, 0) is 19.6 Å². The highest BCUT2D eigenvalue weighted by atomic mass is 32.2. The Bertz CT molecular complexity index is 1010. The Hall–Kier alpha value is -2.87. The van der Waals surface area contributed by atoms with E-state index in [9.17, 15) is 18.0 Å². The number of nitrogens with zero attached hydrogens (tertiary/aromatic N) is 1. The van der Waals surface area contributed by atoms with Crippen LogP contribution in [0.15, 0.2) is 59.5 Å². The van der Waals surface area contributed by atoms with Gasteiger partial charge in [0.25, 0.3) is 15.9 Å². The van der Waals surface area contributed by atoms with Crippen molar-refractivity contribution < 1.29 is 22.7 Å². The number of unbranched alkanes of at least 4 members (excludes halogenated alkanes) is 1. The van der Waals surface area contributed by atoms with Crippen LogP contribution in [0.5, 0.6) is 0 Å². The number of carbonyl (C=O) groups excluding carboxylic acids is 2. The van der Waals surface area contributed by atoms with Crippen molar-refractivity contribution in [3.05, 3.63) is 60.2 Å². The van der Waals surface area contributed by atoms with Gasteiger partial charge in [-0.15, -0.1) is 0 Å². The largest absolute Gasteiger partial charge is 0.452 e. The number of esters is 1. The number of hydrogen-bond donors (Lipinski definition) is 1. The molecule has 1 amide bonds. The van der Waals surface area contributed by atoms with Crippen molar-refractivity contribution in [2.24, 2.45) is 5.92 Å². The second-order valence-electron chi connectivity index (χ2n) is 7.97. The van der Waals surface area contributed by atoms with Gasteiger partial charge in [-0.05, 0) is 49.6 Å². The Labute approximate surface area is 190 Å². The van der Waals surface area contributed by atoms with Gasteiger partial charge in [0.05, 0.1) is 16.1 Å². The van der Waals surface area contributed by atoms with Crippen molar-refractivity contribution in [3.8, 4) is 0 Å². The normalized spacial score (nSPS) is 12.3. The number of anilines is 1. The molecule has 0 saturated heterocycles. The zero-order valence-corrected chi connectivity index (χ0v) is 19.9. The second-order valence-corrected chi connectivity index (χ2v) is 9.83. The summed E-state index contributed by atoms with van der Waals surface area (Å²) in [6, 6.07) is 14.5. The van der Waals surface area contributed by atoms with Gasteiger partial charge in [0.15, 0.2) is 6.61 Å². The number of nitrogens with one attached hydrogen (secondary N) is 1. The maximum Gasteiger partial charge on any atom is 0.338 e. The lowest BCUT2D eigenvalue weighted by Gasteiger charge is -2.24. The number of para-hydroxylation sites is 1. The van der Waals surface area contributed by atoms with Gasteiger partial charge in [-0.1, -0.05) is 51.5 Å². The van der Waals surface area contributed by atoms with Gasteiger partial charge in [0, 0.05) is 12.6 Å². The second kappa shape index (κ2) is 11.7. The molecule has 0 aromatic heterocycles. The van der Waals surface area contributed by atoms with Crippen LogP contribution in [0.1, 0.15) is 50.9 Å². The molecule has 1 unspecified atom stereocenters. The van der Waals surface area contributed by atoms with Gasteiger partial charge in [-0.2, -0.15) is 0 Å². The maximum absolute atomic E-state index is 13.4. The van der Waals surface area contributed by atoms with Crippen molar-refractivity contribution in [1.82, 2.24) is 5.32 Å². The summed E-state index contributed by atoms with van der Waals surface area (Å²) in [5, 5.41) is 2.76. The lowest BCUT2D eigenvalue weighted by atomic mass is 10.1. The molecule has 0 radical (unpaired) electrons. The number of ether oxygens (including phenoxy) is 1. The molecule has 7 nitrogen and oxygen atoms in total. The quantitative estimate of drug-likeness (QED) is 0.512. The van der Waals surface area contributed by atoms with Gasteiger partial charge >= 0.3 is 5.97 Å². The van der Waals surface area contributed by atoms with E-state index in [4.69, 9.17) is 4.74 Å². The minimum atomic E-state index is -3.89. The lowest BCUT2D eigenvalue weighted by Crippen LogP contribution is -2.38. The molecule has 8 heteroatoms. The van der Waals surface area contributed by atoms with Crippen LogP contribution in [0, 0.1) is 5.92 Å². The monoisotopic (exact) mass is 460 g/mol. The number of benzene rings is 2. The Morgan fingerprint density at radius 3 is 2.34 bits per heavy atom. The average Bonchev–Trinajstić information content (AvgIpc) is 2.78. The molecule has 0 aliphatic rings. The number of rotatable bonds is 11. The van der Waals surface area contributed by atoms with E-state index in [1.54, 1.807) is 24.3 Å². The predicted molar refractivity (Wildman–Crippen MR) is 125 cm³/mol. The summed E-state index contributed by atoms with van der Waals surface area (Å²) in [4.78, 5) is 24.4. The number of carbonyl (C=O) groups is 2. The smallest absolute Gasteiger partial charge is 0.338 e. The Kier molecular flexibility index (Phi) is 9.26. The van der Waals surface area contributed by atoms with E-state index in [2.05, 4.69) is 5.32 Å². The van der Waals surface area contributed by atoms with Gasteiger partial charge in [-0.25, -0.2) is 13.2 Å². The standard InChI is InChI=1S/C24H32N2O5S/c1-5-6-15-26(21-12-8-7-9-13-21)32(29,30)22-14-10-11-20(16-22)24(28)31-17-23(27)25-19(4)18(2)3/h7-14,16,18-19H,5-6,15,17H2,1-4H3,(H,25,27). The zero-order valence-electron chi connectivity index (χ0n) is 19.1. The molecule has 1 N–H and O–H groups in total. The fourth-order valence-corrected chi connectivity index (χ4v) is 4.42. The third kappa shape index (κ3) is 6.82. The first-order valence-corrected chi connectivity index (χ1v) is 12.2. The highest BCUT2D eigenvalue weighted by Gasteiger charge is 2.25. The van der Waals surface area contributed by atoms with Crippen molar-refractivity contribution in [2.45, 2.75) is 51.5 Å². The fourth-order valence-electron chi connectivity index (χ4n) is 2.87. The molecule has 0 aliphatic heterocycles. The van der Waals surface area contributed by atoms with Gasteiger partial charge < -0.3 is 10.1 Å². The third-order valence-corrected chi connectivity index (χ3v) is 6.96. The number of sulfonamides is 1. The Morgan fingerprint density at radius 1 is 1.03 bits per heavy atom. The summed E-state index contributed by atoms with van der Waals surface area (Å²) >= 11 is 0. The van der Waals surface area contributed by atoms with Crippen LogP contribution in [0.25, 0.3) is 0 Å². The molecule has 0 aliphatic carbocycles. The molecular formula is C24H32N2O5S. The summed E-state index contributed by atoms with van der Waals surface area (Å²) in [6.07, 6.45) is 1.53. The van der Waals surface area contributed by atoms with Crippen LogP contribution in [0.3, 0.4) is 0 Å². The molecule has 0 spiro atoms. The molecule has 2 aromatic carbocycles. The van der Waals surface area contributed by atoms with E-state index in [0.29, 0.717) is 18.7 Å². The molecule has 0 saturated carbocycles. The van der Waals surface area contributed by atoms with E-state index < -0.39 is 28.5 Å². The Morgan fingerprint density at radius 2 is 1.72 bits per heavy atom. The molecule has 0 fully saturated rings. The van der Waals surface area contributed by atoms with E-state index in [0.717, 1.165) is 6.42 Å². The van der Waals surface area contributed by atoms with Gasteiger partial charge in [0.1, 0.15) is 0 Å². The van der Waals surface area contributed by atoms with E-state index in [-0.39, 0.29) is 22.4 Å². The molecule has 32 heavy (non-hydrogen) atoms. The van der Waals surface area contributed by atoms with Crippen LogP contribution in [0.4, 0.5) is 5.69 Å². The van der Waals surface area contributed by atoms with Crippen LogP contribution in [0.2, 0.25) is 0 Å². The summed E-state index contributed by atoms with van der Waals surface area (Å²) in [5.41, 5.74) is 0.629. The lowest BCUT2D eigenvalue weighted by molar-refractivity contribution is -0.125. The van der Waals surface area contributed by atoms with Gasteiger partial charge in [-0.3, -0.25) is 9.10 Å². The molecule has 1 atom stereocenters. The first-order valence-electron chi connectivity index (χ1n) is 10.8. The van der Waals surface area contributed by atoms with Crippen molar-refractivity contribution in [2.75, 3.05) is 17.5 Å². The van der Waals surface area contributed by atoms with Crippen molar-refractivity contribution in [1.29, 1.82) is 0 Å². The summed E-state index contributed by atoms with van der Waals surface area (Å²) < 4.78 is 33.2. The van der Waals surface area contributed by atoms with E-state index >= 15 is 0 Å². The van der Waals surface area contributed by atoms with Crippen LogP contribution < -0.4 is 9.62 Å². The van der Waals surface area contributed by atoms with Crippen LogP contribution in [-0.4, -0.2) is 39.5 Å². The first kappa shape index (κ1) is 25.4. The molecule has 0 bridgehead atoms. The summed E-state index contributed by atoms with van der Waals surface area (Å²) in [5.74, 6) is -0.913. The molecule has 2 aromatic rings. The molecule has 174 valence electrons. The Balaban J connectivity index is 2.19. The number of hydrogen-bond acceptors (Lipinski definition) is 5. The highest BCUT2D eigenvalue weighted by Crippen LogP contribution is 2.25. The maximum atomic E-state index is 13.4. The first-order chi connectivity index (χ1) is 15.2. The number of amides is 1. The third-order valence-electron chi connectivity index (χ3n) is 5.14. The fraction of sp³-hybridized carbons (Fsp3) is 0.417. The molecule has 2 rings (SSSR count). The van der Waals surface area contributed by atoms with Gasteiger partial charge in [0.2, 0.25) is 0 Å². The predicted octanol–water partition coefficient (Wildman–Crippen LogP) is 4.00. The summed E-state index contributed by atoms with van der Waals surface area (Å²) in [7, 11) is -3.89. The van der Waals surface area contributed by atoms with Crippen molar-refractivity contribution >= 4 is 27.6 Å². The molecular weight excluding hydrogens is 428 g/mol. The minimum Gasteiger partial charge on any atom is -0.452 e. The minimum absolute atomic E-state index is 0.00946. The summed E-state index contributed by atoms with van der Waals surface area (Å²) in [6.45, 7) is 7.70. The average molecular weight is 461 g/mol. The SMILES string of the molecule is CCCCN(c1ccccc1)S(=O)(=O)c1cccc(C(=O)OCC(=O)NC(C)C(C)C)c1.